The van der Waals surface area contributed by atoms with Gasteiger partial charge in [0.25, 0.3) is 11.8 Å². The average molecular weight is 867 g/mol. The molecule has 1 aliphatic carbocycles. The second-order valence-corrected chi connectivity index (χ2v) is 19.9. The number of carbonyl (C=O) groups is 4. The van der Waals surface area contributed by atoms with Crippen molar-refractivity contribution in [2.75, 3.05) is 55.6 Å². The zero-order valence-electron chi connectivity index (χ0n) is 34.7. The van der Waals surface area contributed by atoms with Gasteiger partial charge in [0.2, 0.25) is 11.8 Å². The Morgan fingerprint density at radius 3 is 2.10 bits per heavy atom. The number of rotatable bonds is 8. The summed E-state index contributed by atoms with van der Waals surface area (Å²) in [5.41, 5.74) is 1.81. The number of fused-ring (bicyclic) bond motifs is 1. The van der Waals surface area contributed by atoms with Gasteiger partial charge in [-0.1, -0.05) is 39.3 Å². The van der Waals surface area contributed by atoms with Crippen LogP contribution in [0.3, 0.4) is 0 Å². The van der Waals surface area contributed by atoms with E-state index in [0.717, 1.165) is 74.9 Å². The Labute approximate surface area is 361 Å². The van der Waals surface area contributed by atoms with E-state index in [1.807, 2.05) is 52.0 Å². The van der Waals surface area contributed by atoms with Gasteiger partial charge < -0.3 is 14.5 Å². The van der Waals surface area contributed by atoms with Gasteiger partial charge >= 0.3 is 16.1 Å². The molecule has 3 aromatic rings. The van der Waals surface area contributed by atoms with Crippen LogP contribution >= 0.6 is 11.6 Å². The van der Waals surface area contributed by atoms with Crippen molar-refractivity contribution < 1.29 is 32.3 Å². The van der Waals surface area contributed by atoms with Crippen molar-refractivity contribution >= 4 is 56.6 Å². The van der Waals surface area contributed by atoms with Gasteiger partial charge in [0.05, 0.1) is 26.0 Å². The van der Waals surface area contributed by atoms with Crippen LogP contribution in [-0.4, -0.2) is 99.8 Å². The van der Waals surface area contributed by atoms with Gasteiger partial charge in [-0.25, -0.2) is 0 Å². The monoisotopic (exact) mass is 866 g/mol. The van der Waals surface area contributed by atoms with Crippen molar-refractivity contribution in [3.05, 3.63) is 86.6 Å². The lowest BCUT2D eigenvalue weighted by atomic mass is 9.46. The number of nitriles is 1. The smallest absolute Gasteiger partial charge is 0.489 e. The summed E-state index contributed by atoms with van der Waals surface area (Å²) < 4.78 is 37.1. The van der Waals surface area contributed by atoms with Crippen LogP contribution in [0.1, 0.15) is 79.7 Å². The Bertz CT molecular complexity index is 2500. The molecule has 5 aliphatic rings. The fourth-order valence-electron chi connectivity index (χ4n) is 10.1. The van der Waals surface area contributed by atoms with Crippen LogP contribution < -0.4 is 19.9 Å². The maximum absolute atomic E-state index is 13.4. The number of piperidine rings is 2. The lowest BCUT2D eigenvalue weighted by Crippen LogP contribution is -2.65. The zero-order chi connectivity index (χ0) is 43.4. The van der Waals surface area contributed by atoms with Crippen molar-refractivity contribution in [3.8, 4) is 17.9 Å². The number of hydrogen-bond acceptors (Lipinski definition) is 11. The first-order valence-corrected chi connectivity index (χ1v) is 22.6. The van der Waals surface area contributed by atoms with E-state index in [9.17, 15) is 32.9 Å². The molecule has 0 aromatic heterocycles. The molecule has 4 aliphatic heterocycles. The number of ether oxygens (including phenoxy) is 1. The molecule has 0 spiro atoms. The molecule has 16 heteroatoms. The van der Waals surface area contributed by atoms with Crippen LogP contribution in [0.5, 0.6) is 5.75 Å². The maximum Gasteiger partial charge on any atom is 0.510 e. The summed E-state index contributed by atoms with van der Waals surface area (Å²) in [5, 5.41) is 11.7. The fraction of sp³-hybridized carbons (Fsp3) is 0.467. The van der Waals surface area contributed by atoms with E-state index < -0.39 is 50.5 Å². The fourth-order valence-corrected chi connectivity index (χ4v) is 11.2. The minimum Gasteiger partial charge on any atom is -0.489 e. The van der Waals surface area contributed by atoms with Crippen molar-refractivity contribution in [3.63, 3.8) is 0 Å². The molecule has 4 amide bonds. The van der Waals surface area contributed by atoms with Gasteiger partial charge in [-0.05, 0) is 79.8 Å². The molecule has 318 valence electrons. The maximum atomic E-state index is 13.4. The predicted octanol–water partition coefficient (Wildman–Crippen LogP) is 5.80. The molecule has 1 N–H and O–H groups in total. The molecule has 14 nitrogen and oxygen atoms in total. The van der Waals surface area contributed by atoms with Gasteiger partial charge in [-0.2, -0.15) is 5.26 Å². The number of benzene rings is 3. The highest BCUT2D eigenvalue weighted by Gasteiger charge is 2.66. The molecule has 0 bridgehead atoms. The van der Waals surface area contributed by atoms with E-state index in [0.29, 0.717) is 27.8 Å². The number of anilines is 2. The van der Waals surface area contributed by atoms with Crippen LogP contribution in [-0.2, 0) is 19.6 Å². The third kappa shape index (κ3) is 7.95. The van der Waals surface area contributed by atoms with Gasteiger partial charge in [-0.15, -0.1) is 8.42 Å². The summed E-state index contributed by atoms with van der Waals surface area (Å²) in [6, 6.07) is 21.2. The Morgan fingerprint density at radius 2 is 1.46 bits per heavy atom. The summed E-state index contributed by atoms with van der Waals surface area (Å²) in [7, 11) is -3.99. The molecule has 3 saturated heterocycles. The normalized spacial score (nSPS) is 24.0. The van der Waals surface area contributed by atoms with Crippen LogP contribution in [0.2, 0.25) is 5.02 Å². The highest BCUT2D eigenvalue weighted by atomic mass is 35.5. The number of hydrogen-bond donors (Lipinski definition) is 1. The molecule has 3 aromatic carbocycles. The minimum absolute atomic E-state index is 0.0808. The Morgan fingerprint density at radius 1 is 0.820 bits per heavy atom. The molecule has 4 fully saturated rings. The SMILES string of the molecule is CC1(C)C(C#[N+]S(=O)(=O)c2ccc(N3CCN(CC4CCN(c5ccc6c(c5)C(=O)N(C5CCC(=O)NC5=O)C6=O)CC4)CC3)cc2)C(C)(C)C1Oc1ccc(C#N)c(Cl)c1. The van der Waals surface area contributed by atoms with Crippen molar-refractivity contribution in [1.29, 1.82) is 5.26 Å². The summed E-state index contributed by atoms with van der Waals surface area (Å²) >= 11 is 6.22. The van der Waals surface area contributed by atoms with E-state index >= 15 is 0 Å². The second kappa shape index (κ2) is 16.1. The third-order valence-corrected chi connectivity index (χ3v) is 14.8. The van der Waals surface area contributed by atoms with Crippen LogP contribution in [0.4, 0.5) is 11.4 Å². The van der Waals surface area contributed by atoms with Crippen LogP contribution in [0.15, 0.2) is 65.6 Å². The van der Waals surface area contributed by atoms with E-state index in [1.165, 1.54) is 0 Å². The summed E-state index contributed by atoms with van der Waals surface area (Å²) in [5.74, 6) is -1.27. The predicted molar refractivity (Wildman–Crippen MR) is 229 cm³/mol. The highest BCUT2D eigenvalue weighted by molar-refractivity contribution is 7.93. The van der Waals surface area contributed by atoms with E-state index in [2.05, 4.69) is 30.3 Å². The van der Waals surface area contributed by atoms with Gasteiger partial charge in [0, 0.05) is 80.5 Å². The third-order valence-electron chi connectivity index (χ3n) is 13.2. The first-order chi connectivity index (χ1) is 29.0. The molecule has 4 heterocycles. The minimum atomic E-state index is -3.99. The molecular weight excluding hydrogens is 818 g/mol. The number of piperazine rings is 1. The van der Waals surface area contributed by atoms with Crippen LogP contribution in [0, 0.1) is 40.1 Å². The second-order valence-electron chi connectivity index (χ2n) is 17.9. The lowest BCUT2D eigenvalue weighted by Gasteiger charge is -2.58. The van der Waals surface area contributed by atoms with Crippen molar-refractivity contribution in [2.45, 2.75) is 70.4 Å². The largest absolute Gasteiger partial charge is 0.510 e. The first-order valence-electron chi connectivity index (χ1n) is 20.7. The first kappa shape index (κ1) is 42.2. The number of carbonyl (C=O) groups excluding carboxylic acids is 4. The van der Waals surface area contributed by atoms with E-state index in [1.54, 1.807) is 42.5 Å². The number of sulfonamides is 1. The topological polar surface area (TPSA) is 165 Å². The van der Waals surface area contributed by atoms with E-state index in [-0.39, 0.29) is 35.3 Å². The molecule has 61 heavy (non-hydrogen) atoms. The summed E-state index contributed by atoms with van der Waals surface area (Å²) in [6.45, 7) is 14.0. The average Bonchev–Trinajstić information content (AvgIpc) is 3.48. The molecule has 8 rings (SSSR count). The lowest BCUT2D eigenvalue weighted by molar-refractivity contribution is -0.172. The van der Waals surface area contributed by atoms with Gasteiger partial charge in [0.1, 0.15) is 29.9 Å². The molecule has 1 saturated carbocycles. The Hall–Kier alpha value is -5.48. The molecule has 0 radical (unpaired) electrons. The molecular formula is C45H49ClN7O7S+. The summed E-state index contributed by atoms with van der Waals surface area (Å²) in [6.07, 6.45) is 1.90. The number of nitrogens with one attached hydrogen (secondary N) is 1. The standard InChI is InChI=1S/C45H48ClN7O7S/c1-44(2)38(45(3,4)43(44)60-32-9-5-29(25-47)36(46)24-32)26-48-61(58,59)33-10-6-30(7-11-33)52-21-19-50(20-22-52)27-28-15-17-51(18-16-28)31-8-12-34-35(23-31)42(57)53(41(34)56)37-13-14-39(54)49-40(37)55/h5-12,23-24,28,37-38,43H,13-22,27H2,1-4H3/p+1. The number of nitrogens with zero attached hydrogens (tertiary/aromatic N) is 6. The van der Waals surface area contributed by atoms with Crippen molar-refractivity contribution in [2.24, 2.45) is 22.7 Å². The molecule has 1 unspecified atom stereocenters. The van der Waals surface area contributed by atoms with Crippen molar-refractivity contribution in [1.82, 2.24) is 15.1 Å². The zero-order valence-corrected chi connectivity index (χ0v) is 36.3. The molecule has 1 atom stereocenters. The Balaban J connectivity index is 0.808. The quantitative estimate of drug-likeness (QED) is 0.272. The highest BCUT2D eigenvalue weighted by Crippen LogP contribution is 2.60. The Kier molecular flexibility index (Phi) is 11.1. The number of imide groups is 2. The number of halogens is 1. The summed E-state index contributed by atoms with van der Waals surface area (Å²) in [4.78, 5) is 58.7. The number of amides is 4. The van der Waals surface area contributed by atoms with Gasteiger partial charge in [0.15, 0.2) is 4.90 Å². The van der Waals surface area contributed by atoms with Gasteiger partial charge in [-0.3, -0.25) is 34.3 Å². The van der Waals surface area contributed by atoms with Crippen LogP contribution in [0.25, 0.3) is 4.25 Å². The van der Waals surface area contributed by atoms with E-state index in [4.69, 9.17) is 16.3 Å².